The number of rotatable bonds is 2. The van der Waals surface area contributed by atoms with Gasteiger partial charge in [0, 0.05) is 17.7 Å². The van der Waals surface area contributed by atoms with Gasteiger partial charge in [-0.25, -0.2) is 0 Å². The normalized spacial score (nSPS) is 24.1. The summed E-state index contributed by atoms with van der Waals surface area (Å²) < 4.78 is 11.2. The molecule has 0 saturated heterocycles. The third-order valence-electron chi connectivity index (χ3n) is 4.46. The smallest absolute Gasteiger partial charge is 0.200 e. The highest BCUT2D eigenvalue weighted by Gasteiger charge is 2.40. The van der Waals surface area contributed by atoms with Crippen molar-refractivity contribution in [3.63, 3.8) is 0 Å². The number of allylic oxidation sites excluding steroid dienone is 4. The van der Waals surface area contributed by atoms with E-state index < -0.39 is 0 Å². The molecule has 0 saturated carbocycles. The lowest BCUT2D eigenvalue weighted by Crippen LogP contribution is -2.33. The Bertz CT molecular complexity index is 913. The van der Waals surface area contributed by atoms with Crippen LogP contribution in [0.15, 0.2) is 75.8 Å². The number of benzene rings is 1. The lowest BCUT2D eigenvalue weighted by Gasteiger charge is -2.36. The number of hydrogen-bond acceptors (Lipinski definition) is 5. The number of nitrogens with two attached hydrogens (primary N) is 1. The molecule has 5 heteroatoms. The van der Waals surface area contributed by atoms with Gasteiger partial charge in [-0.05, 0) is 35.4 Å². The first kappa shape index (κ1) is 14.3. The summed E-state index contributed by atoms with van der Waals surface area (Å²) in [5, 5.41) is 9.62. The van der Waals surface area contributed by atoms with Crippen LogP contribution in [0, 0.1) is 11.3 Å². The van der Waals surface area contributed by atoms with Gasteiger partial charge in [0.05, 0.1) is 12.8 Å². The molecule has 2 atom stereocenters. The van der Waals surface area contributed by atoms with Crippen molar-refractivity contribution in [2.45, 2.75) is 12.0 Å². The minimum atomic E-state index is -0.319. The van der Waals surface area contributed by atoms with Gasteiger partial charge in [-0.1, -0.05) is 18.2 Å². The van der Waals surface area contributed by atoms with E-state index in [1.54, 1.807) is 13.3 Å². The van der Waals surface area contributed by atoms with Crippen molar-refractivity contribution in [1.29, 1.82) is 5.26 Å². The van der Waals surface area contributed by atoms with Crippen LogP contribution >= 0.6 is 0 Å². The molecule has 2 heterocycles. The average Bonchev–Trinajstić information content (AvgIpc) is 3.09. The highest BCUT2D eigenvalue weighted by atomic mass is 16.5. The molecule has 118 valence electrons. The van der Waals surface area contributed by atoms with E-state index in [1.807, 2.05) is 42.5 Å². The standard InChI is InChI=1S/C19H15N3O2/c1-23-12-4-2-3-11(9-12)17-14-5-6-16-13(7-8-22-16)18(14)24-19(21)15(17)10-20/h2-9,17-18H,21H2,1H3. The molecule has 2 unspecified atom stereocenters. The molecule has 0 fully saturated rings. The molecule has 3 aliphatic rings. The Hall–Kier alpha value is -3.26. The summed E-state index contributed by atoms with van der Waals surface area (Å²) in [5.41, 5.74) is 10.3. The van der Waals surface area contributed by atoms with Crippen molar-refractivity contribution in [3.05, 3.63) is 76.4 Å². The first-order valence-electron chi connectivity index (χ1n) is 7.59. The minimum Gasteiger partial charge on any atom is -0.497 e. The molecule has 1 aromatic rings. The van der Waals surface area contributed by atoms with Crippen LogP contribution in [0.2, 0.25) is 0 Å². The second-order valence-electron chi connectivity index (χ2n) is 5.72. The first-order valence-corrected chi connectivity index (χ1v) is 7.59. The molecular weight excluding hydrogens is 302 g/mol. The summed E-state index contributed by atoms with van der Waals surface area (Å²) in [5.74, 6) is 0.645. The summed E-state index contributed by atoms with van der Waals surface area (Å²) in [4.78, 5) is 4.32. The highest BCUT2D eigenvalue weighted by Crippen LogP contribution is 2.45. The van der Waals surface area contributed by atoms with E-state index in [0.717, 1.165) is 28.2 Å². The van der Waals surface area contributed by atoms with Crippen LogP contribution in [0.25, 0.3) is 0 Å². The van der Waals surface area contributed by atoms with E-state index in [0.29, 0.717) is 5.57 Å². The zero-order valence-corrected chi connectivity index (χ0v) is 13.1. The van der Waals surface area contributed by atoms with Gasteiger partial charge in [-0.3, -0.25) is 4.99 Å². The van der Waals surface area contributed by atoms with Gasteiger partial charge in [-0.2, -0.15) is 5.26 Å². The molecule has 0 bridgehead atoms. The lowest BCUT2D eigenvalue weighted by molar-refractivity contribution is 0.151. The van der Waals surface area contributed by atoms with Crippen molar-refractivity contribution < 1.29 is 9.47 Å². The fourth-order valence-corrected chi connectivity index (χ4v) is 3.34. The van der Waals surface area contributed by atoms with E-state index in [-0.39, 0.29) is 17.9 Å². The van der Waals surface area contributed by atoms with Gasteiger partial charge in [-0.15, -0.1) is 0 Å². The fraction of sp³-hybridized carbons (Fsp3) is 0.158. The van der Waals surface area contributed by atoms with Gasteiger partial charge in [0.2, 0.25) is 0 Å². The van der Waals surface area contributed by atoms with Crippen LogP contribution in [0.3, 0.4) is 0 Å². The number of aliphatic imine (C=N–C) groups is 1. The van der Waals surface area contributed by atoms with E-state index >= 15 is 0 Å². The molecule has 0 amide bonds. The van der Waals surface area contributed by atoms with Gasteiger partial charge >= 0.3 is 0 Å². The quantitative estimate of drug-likeness (QED) is 0.909. The van der Waals surface area contributed by atoms with Gasteiger partial charge in [0.25, 0.3) is 0 Å². The Morgan fingerprint density at radius 1 is 1.29 bits per heavy atom. The molecule has 2 N–H and O–H groups in total. The Balaban J connectivity index is 1.89. The Morgan fingerprint density at radius 3 is 2.96 bits per heavy atom. The molecule has 0 spiro atoms. The predicted molar refractivity (Wildman–Crippen MR) is 90.2 cm³/mol. The van der Waals surface area contributed by atoms with E-state index in [2.05, 4.69) is 11.1 Å². The number of nitrogens with zero attached hydrogens (tertiary/aromatic N) is 2. The number of fused-ring (bicyclic) bond motifs is 3. The maximum atomic E-state index is 9.62. The van der Waals surface area contributed by atoms with Crippen molar-refractivity contribution in [1.82, 2.24) is 0 Å². The Kier molecular flexibility index (Phi) is 3.24. The van der Waals surface area contributed by atoms with E-state index in [4.69, 9.17) is 15.2 Å². The summed E-state index contributed by atoms with van der Waals surface area (Å²) in [7, 11) is 1.62. The van der Waals surface area contributed by atoms with Crippen LogP contribution in [0.5, 0.6) is 5.75 Å². The molecular formula is C19H15N3O2. The summed E-state index contributed by atoms with van der Waals surface area (Å²) >= 11 is 0. The van der Waals surface area contributed by atoms with Gasteiger partial charge in [0.1, 0.15) is 23.5 Å². The van der Waals surface area contributed by atoms with Crippen molar-refractivity contribution >= 4 is 6.21 Å². The number of hydrogen-bond donors (Lipinski definition) is 1. The summed E-state index contributed by atoms with van der Waals surface area (Å²) in [6.07, 6.45) is 7.29. The fourth-order valence-electron chi connectivity index (χ4n) is 3.34. The molecule has 1 aromatic carbocycles. The van der Waals surface area contributed by atoms with Crippen LogP contribution in [0.1, 0.15) is 11.5 Å². The van der Waals surface area contributed by atoms with Crippen molar-refractivity contribution in [2.75, 3.05) is 7.11 Å². The van der Waals surface area contributed by atoms with Crippen LogP contribution in [0.4, 0.5) is 0 Å². The summed E-state index contributed by atoms with van der Waals surface area (Å²) in [6.45, 7) is 0. The van der Waals surface area contributed by atoms with Gasteiger partial charge < -0.3 is 15.2 Å². The monoisotopic (exact) mass is 317 g/mol. The zero-order valence-electron chi connectivity index (χ0n) is 13.1. The second-order valence-corrected chi connectivity index (χ2v) is 5.72. The average molecular weight is 317 g/mol. The van der Waals surface area contributed by atoms with Crippen LogP contribution < -0.4 is 10.5 Å². The van der Waals surface area contributed by atoms with Gasteiger partial charge in [0.15, 0.2) is 5.88 Å². The van der Waals surface area contributed by atoms with Crippen LogP contribution in [-0.4, -0.2) is 19.4 Å². The highest BCUT2D eigenvalue weighted by molar-refractivity contribution is 5.81. The Labute approximate surface area is 139 Å². The predicted octanol–water partition coefficient (Wildman–Crippen LogP) is 2.71. The molecule has 5 nitrogen and oxygen atoms in total. The Morgan fingerprint density at radius 2 is 2.17 bits per heavy atom. The molecule has 0 radical (unpaired) electrons. The van der Waals surface area contributed by atoms with E-state index in [9.17, 15) is 5.26 Å². The van der Waals surface area contributed by atoms with E-state index in [1.165, 1.54) is 0 Å². The minimum absolute atomic E-state index is 0.168. The first-order chi connectivity index (χ1) is 11.7. The van der Waals surface area contributed by atoms with Crippen LogP contribution in [-0.2, 0) is 4.74 Å². The molecule has 24 heavy (non-hydrogen) atoms. The van der Waals surface area contributed by atoms with Crippen molar-refractivity contribution in [2.24, 2.45) is 10.7 Å². The molecule has 1 aliphatic carbocycles. The number of ether oxygens (including phenoxy) is 2. The number of methoxy groups -OCH3 is 1. The zero-order chi connectivity index (χ0) is 16.7. The molecule has 2 aliphatic heterocycles. The maximum Gasteiger partial charge on any atom is 0.200 e. The topological polar surface area (TPSA) is 80.6 Å². The maximum absolute atomic E-state index is 9.62. The summed E-state index contributed by atoms with van der Waals surface area (Å²) in [6, 6.07) is 9.89. The molecule has 4 rings (SSSR count). The second kappa shape index (κ2) is 5.43. The lowest BCUT2D eigenvalue weighted by atomic mass is 9.77. The largest absolute Gasteiger partial charge is 0.497 e. The SMILES string of the molecule is COc1cccc(C2C3=CC=C4N=CC=C4C3OC(N)=C2C#N)c1. The van der Waals surface area contributed by atoms with Crippen molar-refractivity contribution in [3.8, 4) is 11.8 Å². The molecule has 0 aromatic heterocycles. The number of nitriles is 1. The third kappa shape index (κ3) is 2.04. The third-order valence-corrected chi connectivity index (χ3v) is 4.46.